The minimum Gasteiger partial charge on any atom is -0.468 e. The third-order valence-corrected chi connectivity index (χ3v) is 5.07. The van der Waals surface area contributed by atoms with Crippen LogP contribution >= 0.6 is 0 Å². The molecule has 0 saturated carbocycles. The average Bonchev–Trinajstić information content (AvgIpc) is 3.45. The van der Waals surface area contributed by atoms with Crippen LogP contribution in [0.4, 0.5) is 5.69 Å². The number of hydrogen-bond acceptors (Lipinski definition) is 4. The first-order valence-corrected chi connectivity index (χ1v) is 8.80. The summed E-state index contributed by atoms with van der Waals surface area (Å²) >= 11 is 0. The molecular formula is C23H17NO4. The Bertz CT molecular complexity index is 1070. The van der Waals surface area contributed by atoms with Crippen LogP contribution < -0.4 is 0 Å². The number of nitro benzene ring substituents is 1. The highest BCUT2D eigenvalue weighted by atomic mass is 16.6. The molecule has 0 fully saturated rings. The Labute approximate surface area is 162 Å². The van der Waals surface area contributed by atoms with Gasteiger partial charge in [0.05, 0.1) is 12.0 Å². The molecule has 5 nitrogen and oxygen atoms in total. The molecule has 0 aliphatic heterocycles. The Morgan fingerprint density at radius 2 is 1.32 bits per heavy atom. The zero-order valence-electron chi connectivity index (χ0n) is 15.2. The third kappa shape index (κ3) is 2.60. The molecule has 1 atom stereocenters. The third-order valence-electron chi connectivity index (χ3n) is 5.07. The number of methoxy groups -OCH3 is 1. The van der Waals surface area contributed by atoms with Crippen molar-refractivity contribution in [3.05, 3.63) is 112 Å². The molecule has 0 amide bonds. The fraction of sp³-hybridized carbons (Fsp3) is 0.0870. The molecule has 0 N–H and O–H groups in total. The van der Waals surface area contributed by atoms with Gasteiger partial charge in [0.25, 0.3) is 5.69 Å². The molecule has 0 bridgehead atoms. The van der Waals surface area contributed by atoms with E-state index in [1.807, 2.05) is 60.7 Å². The average molecular weight is 371 g/mol. The molecular weight excluding hydrogens is 354 g/mol. The number of carbonyl (C=O) groups is 1. The van der Waals surface area contributed by atoms with Crippen molar-refractivity contribution in [1.29, 1.82) is 0 Å². The second-order valence-electron chi connectivity index (χ2n) is 6.53. The van der Waals surface area contributed by atoms with Crippen molar-refractivity contribution < 1.29 is 14.5 Å². The summed E-state index contributed by atoms with van der Waals surface area (Å²) in [5, 5.41) is 11.0. The van der Waals surface area contributed by atoms with E-state index in [4.69, 9.17) is 4.74 Å². The molecule has 0 radical (unpaired) electrons. The Hall–Kier alpha value is -3.73. The van der Waals surface area contributed by atoms with Crippen LogP contribution in [-0.4, -0.2) is 18.0 Å². The zero-order chi connectivity index (χ0) is 19.7. The highest BCUT2D eigenvalue weighted by Crippen LogP contribution is 2.65. The molecule has 1 aliphatic carbocycles. The summed E-state index contributed by atoms with van der Waals surface area (Å²) in [5.74, 6) is -0.370. The predicted molar refractivity (Wildman–Crippen MR) is 106 cm³/mol. The molecule has 0 aromatic heterocycles. The van der Waals surface area contributed by atoms with Gasteiger partial charge in [-0.05, 0) is 40.0 Å². The summed E-state index contributed by atoms with van der Waals surface area (Å²) < 4.78 is 5.21. The number of nitro groups is 1. The van der Waals surface area contributed by atoms with E-state index >= 15 is 0 Å². The second kappa shape index (κ2) is 6.78. The number of nitrogens with zero attached hydrogens (tertiary/aromatic N) is 1. The highest BCUT2D eigenvalue weighted by Gasteiger charge is 2.62. The molecule has 4 rings (SSSR count). The predicted octanol–water partition coefficient (Wildman–Crippen LogP) is 4.63. The van der Waals surface area contributed by atoms with Crippen molar-refractivity contribution in [3.63, 3.8) is 0 Å². The topological polar surface area (TPSA) is 69.4 Å². The monoisotopic (exact) mass is 371 g/mol. The lowest BCUT2D eigenvalue weighted by Gasteiger charge is -2.19. The normalized spacial score (nSPS) is 17.9. The van der Waals surface area contributed by atoms with E-state index < -0.39 is 10.3 Å². The van der Waals surface area contributed by atoms with Crippen LogP contribution in [0.5, 0.6) is 0 Å². The van der Waals surface area contributed by atoms with Crippen LogP contribution in [-0.2, 0) is 14.9 Å². The van der Waals surface area contributed by atoms with Gasteiger partial charge in [-0.1, -0.05) is 60.7 Å². The number of benzene rings is 3. The summed E-state index contributed by atoms with van der Waals surface area (Å²) in [4.78, 5) is 23.6. The number of rotatable bonds is 5. The van der Waals surface area contributed by atoms with Crippen molar-refractivity contribution >= 4 is 22.8 Å². The van der Waals surface area contributed by atoms with Crippen molar-refractivity contribution in [2.24, 2.45) is 0 Å². The van der Waals surface area contributed by atoms with Crippen molar-refractivity contribution in [2.45, 2.75) is 5.41 Å². The summed E-state index contributed by atoms with van der Waals surface area (Å²) in [7, 11) is 1.38. The van der Waals surface area contributed by atoms with Crippen LogP contribution in [0, 0.1) is 10.1 Å². The quantitative estimate of drug-likeness (QED) is 0.372. The number of esters is 1. The van der Waals surface area contributed by atoms with Crippen LogP contribution in [0.3, 0.4) is 0 Å². The number of carbonyl (C=O) groups excluding carboxylic acids is 1. The lowest BCUT2D eigenvalue weighted by atomic mass is 9.85. The molecule has 5 heteroatoms. The van der Waals surface area contributed by atoms with E-state index in [1.54, 1.807) is 12.1 Å². The Morgan fingerprint density at radius 1 is 0.821 bits per heavy atom. The SMILES string of the molecule is COC(=O)C1(c2ccccc2)C(c2ccccc2)=C1c1ccc([N+](=O)[O-])cc1. The minimum absolute atomic E-state index is 0.00893. The van der Waals surface area contributed by atoms with Gasteiger partial charge in [0.15, 0.2) is 0 Å². The Balaban J connectivity index is 1.93. The fourth-order valence-electron chi connectivity index (χ4n) is 3.81. The Kier molecular flexibility index (Phi) is 4.28. The van der Waals surface area contributed by atoms with E-state index in [2.05, 4.69) is 0 Å². The molecule has 3 aromatic carbocycles. The molecule has 1 unspecified atom stereocenters. The van der Waals surface area contributed by atoms with Gasteiger partial charge in [0.1, 0.15) is 5.41 Å². The largest absolute Gasteiger partial charge is 0.468 e. The highest BCUT2D eigenvalue weighted by molar-refractivity contribution is 6.32. The van der Waals surface area contributed by atoms with E-state index in [1.165, 1.54) is 19.2 Å². The molecule has 28 heavy (non-hydrogen) atoms. The van der Waals surface area contributed by atoms with E-state index in [-0.39, 0.29) is 11.7 Å². The van der Waals surface area contributed by atoms with Crippen molar-refractivity contribution in [1.82, 2.24) is 0 Å². The van der Waals surface area contributed by atoms with E-state index in [0.29, 0.717) is 0 Å². The summed E-state index contributed by atoms with van der Waals surface area (Å²) in [6.45, 7) is 0. The zero-order valence-corrected chi connectivity index (χ0v) is 15.2. The summed E-state index contributed by atoms with van der Waals surface area (Å²) in [6.07, 6.45) is 0. The van der Waals surface area contributed by atoms with Gasteiger partial charge < -0.3 is 4.74 Å². The molecule has 138 valence electrons. The van der Waals surface area contributed by atoms with E-state index in [0.717, 1.165) is 27.8 Å². The smallest absolute Gasteiger partial charge is 0.325 e. The van der Waals surface area contributed by atoms with Crippen LogP contribution in [0.25, 0.3) is 11.1 Å². The molecule has 0 spiro atoms. The first-order chi connectivity index (χ1) is 13.6. The van der Waals surface area contributed by atoms with Gasteiger partial charge in [-0.25, -0.2) is 0 Å². The van der Waals surface area contributed by atoms with Crippen LogP contribution in [0.15, 0.2) is 84.9 Å². The maximum atomic E-state index is 13.1. The maximum absolute atomic E-state index is 13.1. The second-order valence-corrected chi connectivity index (χ2v) is 6.53. The minimum atomic E-state index is -1.02. The van der Waals surface area contributed by atoms with Gasteiger partial charge in [-0.15, -0.1) is 0 Å². The van der Waals surface area contributed by atoms with Crippen molar-refractivity contribution in [3.8, 4) is 0 Å². The van der Waals surface area contributed by atoms with Gasteiger partial charge in [-0.2, -0.15) is 0 Å². The lowest BCUT2D eigenvalue weighted by Crippen LogP contribution is -2.27. The van der Waals surface area contributed by atoms with E-state index in [9.17, 15) is 14.9 Å². The fourth-order valence-corrected chi connectivity index (χ4v) is 3.81. The molecule has 0 heterocycles. The Morgan fingerprint density at radius 3 is 1.82 bits per heavy atom. The lowest BCUT2D eigenvalue weighted by molar-refractivity contribution is -0.384. The molecule has 0 saturated heterocycles. The van der Waals surface area contributed by atoms with Crippen LogP contribution in [0.1, 0.15) is 16.7 Å². The molecule has 3 aromatic rings. The number of hydrogen-bond donors (Lipinski definition) is 0. The van der Waals surface area contributed by atoms with Gasteiger partial charge in [-0.3, -0.25) is 14.9 Å². The number of non-ortho nitro benzene ring substituents is 1. The summed E-state index contributed by atoms with van der Waals surface area (Å²) in [5.41, 5.74) is 3.16. The maximum Gasteiger partial charge on any atom is 0.325 e. The first kappa shape index (κ1) is 17.7. The number of ether oxygens (including phenoxy) is 1. The molecule has 1 aliphatic rings. The summed E-state index contributed by atoms with van der Waals surface area (Å²) in [6, 6.07) is 25.4. The van der Waals surface area contributed by atoms with Gasteiger partial charge >= 0.3 is 5.97 Å². The van der Waals surface area contributed by atoms with Crippen LogP contribution in [0.2, 0.25) is 0 Å². The van der Waals surface area contributed by atoms with Crippen molar-refractivity contribution in [2.75, 3.05) is 7.11 Å². The van der Waals surface area contributed by atoms with Gasteiger partial charge in [0, 0.05) is 12.1 Å². The standard InChI is InChI=1S/C23H17NO4/c1-28-22(25)23(18-10-6-3-7-11-18)20(16-8-4-2-5-9-16)21(23)17-12-14-19(15-13-17)24(26)27/h2-15H,1H3. The van der Waals surface area contributed by atoms with Gasteiger partial charge in [0.2, 0.25) is 0 Å². The first-order valence-electron chi connectivity index (χ1n) is 8.80.